The molecule has 2 rings (SSSR count). The maximum atomic E-state index is 12.1. The van der Waals surface area contributed by atoms with Crippen LogP contribution in [0.2, 0.25) is 0 Å². The zero-order chi connectivity index (χ0) is 11.2. The molecule has 2 aromatic rings. The highest BCUT2D eigenvalue weighted by Crippen LogP contribution is 2.10. The van der Waals surface area contributed by atoms with Gasteiger partial charge in [-0.1, -0.05) is 5.21 Å². The second kappa shape index (κ2) is 2.88. The van der Waals surface area contributed by atoms with Crippen molar-refractivity contribution in [2.75, 3.05) is 0 Å². The van der Waals surface area contributed by atoms with E-state index >= 15 is 0 Å². The predicted molar refractivity (Wildman–Crippen MR) is 55.6 cm³/mol. The number of hydrogen-bond donors (Lipinski definition) is 0. The van der Waals surface area contributed by atoms with Crippen LogP contribution in [0.4, 0.5) is 0 Å². The van der Waals surface area contributed by atoms with Crippen LogP contribution in [-0.4, -0.2) is 24.8 Å². The number of aryl methyl sites for hydroxylation is 1. The number of fused-ring (bicyclic) bond motifs is 1. The molecular formula is C9H13N5O. The Hall–Kier alpha value is -1.72. The van der Waals surface area contributed by atoms with E-state index in [1.54, 1.807) is 13.2 Å². The fourth-order valence-electron chi connectivity index (χ4n) is 1.45. The van der Waals surface area contributed by atoms with Crippen LogP contribution in [0.5, 0.6) is 0 Å². The molecule has 0 saturated carbocycles. The fourth-order valence-corrected chi connectivity index (χ4v) is 1.45. The summed E-state index contributed by atoms with van der Waals surface area (Å²) in [7, 11) is 1.70. The summed E-state index contributed by atoms with van der Waals surface area (Å²) in [6, 6.07) is 0. The van der Waals surface area contributed by atoms with Crippen molar-refractivity contribution >= 4 is 11.0 Å². The molecule has 0 amide bonds. The summed E-state index contributed by atoms with van der Waals surface area (Å²) in [4.78, 5) is 12.1. The molecule has 6 nitrogen and oxygen atoms in total. The third kappa shape index (κ3) is 1.42. The van der Waals surface area contributed by atoms with E-state index in [1.807, 2.05) is 20.8 Å². The molecule has 0 atom stereocenters. The molecule has 0 unspecified atom stereocenters. The Labute approximate surface area is 86.5 Å². The fraction of sp³-hybridized carbons (Fsp3) is 0.556. The van der Waals surface area contributed by atoms with Gasteiger partial charge >= 0.3 is 0 Å². The Bertz CT molecular complexity index is 560. The first kappa shape index (κ1) is 9.82. The van der Waals surface area contributed by atoms with Crippen LogP contribution >= 0.6 is 0 Å². The monoisotopic (exact) mass is 207 g/mol. The first-order chi connectivity index (χ1) is 6.91. The smallest absolute Gasteiger partial charge is 0.265 e. The van der Waals surface area contributed by atoms with Crippen LogP contribution in [0.15, 0.2) is 11.0 Å². The highest BCUT2D eigenvalue weighted by molar-refractivity contribution is 5.71. The van der Waals surface area contributed by atoms with Crippen LogP contribution in [0, 0.1) is 0 Å². The maximum absolute atomic E-state index is 12.1. The van der Waals surface area contributed by atoms with E-state index in [9.17, 15) is 4.79 Å². The van der Waals surface area contributed by atoms with Gasteiger partial charge in [-0.2, -0.15) is 5.10 Å². The summed E-state index contributed by atoms with van der Waals surface area (Å²) < 4.78 is 2.92. The molecule has 0 radical (unpaired) electrons. The molecule has 0 aliphatic heterocycles. The molecule has 0 aromatic carbocycles. The molecule has 2 heterocycles. The molecular weight excluding hydrogens is 194 g/mol. The van der Waals surface area contributed by atoms with Gasteiger partial charge in [0.1, 0.15) is 5.52 Å². The van der Waals surface area contributed by atoms with E-state index in [-0.39, 0.29) is 11.1 Å². The highest BCUT2D eigenvalue weighted by atomic mass is 16.1. The van der Waals surface area contributed by atoms with E-state index in [0.717, 1.165) is 0 Å². The van der Waals surface area contributed by atoms with Crippen molar-refractivity contribution in [1.82, 2.24) is 24.8 Å². The Kier molecular flexibility index (Phi) is 1.89. The van der Waals surface area contributed by atoms with Gasteiger partial charge in [0.2, 0.25) is 0 Å². The Morgan fingerprint density at radius 1 is 1.33 bits per heavy atom. The van der Waals surface area contributed by atoms with Crippen molar-refractivity contribution in [2.24, 2.45) is 7.05 Å². The maximum Gasteiger partial charge on any atom is 0.295 e. The third-order valence-electron chi connectivity index (χ3n) is 2.18. The highest BCUT2D eigenvalue weighted by Gasteiger charge is 2.19. The summed E-state index contributed by atoms with van der Waals surface area (Å²) in [5.74, 6) is 0. The largest absolute Gasteiger partial charge is 0.295 e. The van der Waals surface area contributed by atoms with E-state index in [0.29, 0.717) is 11.0 Å². The lowest BCUT2D eigenvalue weighted by molar-refractivity contribution is 0.340. The van der Waals surface area contributed by atoms with Gasteiger partial charge in [0.15, 0.2) is 5.52 Å². The van der Waals surface area contributed by atoms with Gasteiger partial charge in [-0.3, -0.25) is 4.79 Å². The van der Waals surface area contributed by atoms with Crippen LogP contribution in [0.3, 0.4) is 0 Å². The molecule has 0 N–H and O–H groups in total. The molecule has 0 aliphatic rings. The number of rotatable bonds is 0. The zero-order valence-corrected chi connectivity index (χ0v) is 9.22. The second-order valence-corrected chi connectivity index (χ2v) is 4.48. The van der Waals surface area contributed by atoms with Crippen LogP contribution in [0.25, 0.3) is 11.0 Å². The summed E-state index contributed by atoms with van der Waals surface area (Å²) >= 11 is 0. The van der Waals surface area contributed by atoms with E-state index < -0.39 is 0 Å². The molecule has 0 saturated heterocycles. The quantitative estimate of drug-likeness (QED) is 0.622. The van der Waals surface area contributed by atoms with Gasteiger partial charge < -0.3 is 0 Å². The first-order valence-corrected chi connectivity index (χ1v) is 4.69. The van der Waals surface area contributed by atoms with E-state index in [1.165, 1.54) is 9.36 Å². The third-order valence-corrected chi connectivity index (χ3v) is 2.18. The molecule has 15 heavy (non-hydrogen) atoms. The summed E-state index contributed by atoms with van der Waals surface area (Å²) in [5, 5.41) is 11.7. The van der Waals surface area contributed by atoms with Gasteiger partial charge in [-0.05, 0) is 20.8 Å². The lowest BCUT2D eigenvalue weighted by Crippen LogP contribution is -2.36. The van der Waals surface area contributed by atoms with Crippen molar-refractivity contribution in [3.63, 3.8) is 0 Å². The topological polar surface area (TPSA) is 65.6 Å². The van der Waals surface area contributed by atoms with Gasteiger partial charge in [0, 0.05) is 7.05 Å². The SMILES string of the molecule is Cn1nnc2cnn(C(C)(C)C)c(=O)c21. The minimum absolute atomic E-state index is 0.160. The standard InChI is InChI=1S/C9H13N5O/c1-9(2,3)14-8(15)7-6(5-10-14)11-12-13(7)4/h5H,1-4H3. The zero-order valence-electron chi connectivity index (χ0n) is 9.22. The van der Waals surface area contributed by atoms with Crippen LogP contribution in [-0.2, 0) is 12.6 Å². The number of nitrogens with zero attached hydrogens (tertiary/aromatic N) is 5. The minimum atomic E-state index is -0.338. The average Bonchev–Trinajstić information content (AvgIpc) is 2.46. The molecule has 0 aliphatic carbocycles. The minimum Gasteiger partial charge on any atom is -0.265 e. The Balaban J connectivity index is 2.87. The van der Waals surface area contributed by atoms with Crippen LogP contribution in [0.1, 0.15) is 20.8 Å². The van der Waals surface area contributed by atoms with E-state index in [4.69, 9.17) is 0 Å². The van der Waals surface area contributed by atoms with Gasteiger partial charge in [-0.25, -0.2) is 9.36 Å². The Morgan fingerprint density at radius 3 is 2.60 bits per heavy atom. The van der Waals surface area contributed by atoms with Crippen molar-refractivity contribution in [3.05, 3.63) is 16.6 Å². The molecule has 6 heteroatoms. The van der Waals surface area contributed by atoms with Crippen LogP contribution < -0.4 is 5.56 Å². The van der Waals surface area contributed by atoms with Crippen molar-refractivity contribution < 1.29 is 0 Å². The average molecular weight is 207 g/mol. The molecule has 80 valence electrons. The normalized spacial score (nSPS) is 12.3. The molecule has 0 fully saturated rings. The Morgan fingerprint density at radius 2 is 2.00 bits per heavy atom. The van der Waals surface area contributed by atoms with Crippen molar-refractivity contribution in [3.8, 4) is 0 Å². The van der Waals surface area contributed by atoms with Crippen molar-refractivity contribution in [2.45, 2.75) is 26.3 Å². The summed E-state index contributed by atoms with van der Waals surface area (Å²) in [6.07, 6.45) is 1.56. The summed E-state index contributed by atoms with van der Waals surface area (Å²) in [5.41, 5.74) is 0.519. The van der Waals surface area contributed by atoms with E-state index in [2.05, 4.69) is 15.4 Å². The molecule has 0 spiro atoms. The molecule has 0 bridgehead atoms. The van der Waals surface area contributed by atoms with Gasteiger partial charge in [0.25, 0.3) is 5.56 Å². The van der Waals surface area contributed by atoms with Crippen molar-refractivity contribution in [1.29, 1.82) is 0 Å². The summed E-state index contributed by atoms with van der Waals surface area (Å²) in [6.45, 7) is 5.78. The lowest BCUT2D eigenvalue weighted by Gasteiger charge is -2.19. The predicted octanol–water partition coefficient (Wildman–Crippen LogP) is 0.280. The van der Waals surface area contributed by atoms with Gasteiger partial charge in [-0.15, -0.1) is 5.10 Å². The number of aromatic nitrogens is 5. The van der Waals surface area contributed by atoms with Gasteiger partial charge in [0.05, 0.1) is 11.7 Å². The lowest BCUT2D eigenvalue weighted by atomic mass is 10.1. The first-order valence-electron chi connectivity index (χ1n) is 4.69. The molecule has 2 aromatic heterocycles. The second-order valence-electron chi connectivity index (χ2n) is 4.48. The number of hydrogen-bond acceptors (Lipinski definition) is 4.